The van der Waals surface area contributed by atoms with Crippen LogP contribution in [-0.4, -0.2) is 23.9 Å². The zero-order valence-electron chi connectivity index (χ0n) is 11.3. The summed E-state index contributed by atoms with van der Waals surface area (Å²) < 4.78 is 13.1. The van der Waals surface area contributed by atoms with E-state index in [9.17, 15) is 4.79 Å². The van der Waals surface area contributed by atoms with Crippen LogP contribution in [0, 0.1) is 0 Å². The van der Waals surface area contributed by atoms with E-state index in [1.165, 1.54) is 0 Å². The molecule has 0 radical (unpaired) electrons. The predicted octanol–water partition coefficient (Wildman–Crippen LogP) is 1.06. The first-order valence-electron chi connectivity index (χ1n) is 6.35. The highest BCUT2D eigenvalue weighted by atomic mass is 16.7. The van der Waals surface area contributed by atoms with Crippen molar-refractivity contribution in [3.8, 4) is 0 Å². The Balaban J connectivity index is 2.07. The van der Waals surface area contributed by atoms with Crippen LogP contribution in [-0.2, 0) is 16.4 Å². The lowest BCUT2D eigenvalue weighted by molar-refractivity contribution is 0.137. The molecule has 0 unspecified atom stereocenters. The topological polar surface area (TPSA) is 40.5 Å². The summed E-state index contributed by atoms with van der Waals surface area (Å²) in [4.78, 5) is 11.7. The van der Waals surface area contributed by atoms with E-state index in [0.717, 1.165) is 16.4 Å². The van der Waals surface area contributed by atoms with Crippen LogP contribution in [0.2, 0.25) is 0 Å². The number of rotatable bonds is 1. The molecule has 1 aromatic carbocycles. The van der Waals surface area contributed by atoms with E-state index >= 15 is 0 Å². The van der Waals surface area contributed by atoms with Gasteiger partial charge in [-0.2, -0.15) is 0 Å². The van der Waals surface area contributed by atoms with Gasteiger partial charge in [-0.1, -0.05) is 12.1 Å². The predicted molar refractivity (Wildman–Crippen MR) is 75.7 cm³/mol. The van der Waals surface area contributed by atoms with Crippen molar-refractivity contribution >= 4 is 23.5 Å². The Hall–Kier alpha value is -1.59. The number of nitrogens with zero attached hydrogens (tertiary/aromatic N) is 1. The third kappa shape index (κ3) is 2.20. The number of aromatic nitrogens is 1. The second-order valence-electron chi connectivity index (χ2n) is 5.57. The highest BCUT2D eigenvalue weighted by Gasteiger charge is 2.38. The summed E-state index contributed by atoms with van der Waals surface area (Å²) in [5.74, 6) is 0. The largest absolute Gasteiger partial charge is 0.494 e. The van der Waals surface area contributed by atoms with Gasteiger partial charge in [-0.3, -0.25) is 4.79 Å². The molecule has 98 valence electrons. The Morgan fingerprint density at radius 3 is 2.68 bits per heavy atom. The van der Waals surface area contributed by atoms with Gasteiger partial charge in [-0.05, 0) is 36.8 Å². The molecule has 0 saturated carbocycles. The Bertz CT molecular complexity index is 693. The summed E-state index contributed by atoms with van der Waals surface area (Å²) in [6.45, 7) is 4.58. The minimum Gasteiger partial charge on any atom is -0.404 e. The number of pyridine rings is 1. The fourth-order valence-corrected chi connectivity index (χ4v) is 2.33. The summed E-state index contributed by atoms with van der Waals surface area (Å²) in [6, 6.07) is 9.35. The van der Waals surface area contributed by atoms with Crippen molar-refractivity contribution in [2.45, 2.75) is 19.4 Å². The Morgan fingerprint density at radius 1 is 1.26 bits per heavy atom. The maximum atomic E-state index is 11.7. The van der Waals surface area contributed by atoms with E-state index in [1.54, 1.807) is 17.7 Å². The van der Waals surface area contributed by atoms with Crippen LogP contribution in [0.5, 0.6) is 0 Å². The van der Waals surface area contributed by atoms with E-state index in [2.05, 4.69) is 0 Å². The van der Waals surface area contributed by atoms with Crippen molar-refractivity contribution in [1.29, 1.82) is 0 Å². The van der Waals surface area contributed by atoms with Gasteiger partial charge >= 0.3 is 7.12 Å². The molecule has 19 heavy (non-hydrogen) atoms. The van der Waals surface area contributed by atoms with Crippen molar-refractivity contribution in [1.82, 2.24) is 4.57 Å². The van der Waals surface area contributed by atoms with Crippen LogP contribution in [0.4, 0.5) is 0 Å². The Kier molecular flexibility index (Phi) is 2.76. The Labute approximate surface area is 112 Å². The molecule has 0 atom stereocenters. The van der Waals surface area contributed by atoms with Crippen molar-refractivity contribution in [2.75, 3.05) is 6.61 Å². The summed E-state index contributed by atoms with van der Waals surface area (Å²) >= 11 is 0. The zero-order chi connectivity index (χ0) is 13.6. The average Bonchev–Trinajstić information content (AvgIpc) is 2.74. The van der Waals surface area contributed by atoms with Crippen LogP contribution in [0.15, 0.2) is 35.1 Å². The highest BCUT2D eigenvalue weighted by molar-refractivity contribution is 6.62. The molecule has 4 nitrogen and oxygen atoms in total. The van der Waals surface area contributed by atoms with Crippen LogP contribution in [0.1, 0.15) is 13.8 Å². The molecular formula is C14H16BNO3. The molecule has 0 N–H and O–H groups in total. The quantitative estimate of drug-likeness (QED) is 0.717. The maximum Gasteiger partial charge on any atom is 0.494 e. The lowest BCUT2D eigenvalue weighted by Crippen LogP contribution is -2.34. The molecule has 0 spiro atoms. The molecule has 1 aliphatic heterocycles. The highest BCUT2D eigenvalue weighted by Crippen LogP contribution is 2.20. The van der Waals surface area contributed by atoms with Crippen LogP contribution >= 0.6 is 0 Å². The van der Waals surface area contributed by atoms with Gasteiger partial charge in [0.05, 0.1) is 17.7 Å². The number of fused-ring (bicyclic) bond motifs is 1. The summed E-state index contributed by atoms with van der Waals surface area (Å²) in [5, 5.41) is 1.03. The van der Waals surface area contributed by atoms with Gasteiger partial charge in [0.25, 0.3) is 5.56 Å². The molecular weight excluding hydrogens is 241 g/mol. The smallest absolute Gasteiger partial charge is 0.404 e. The van der Waals surface area contributed by atoms with E-state index in [-0.39, 0.29) is 18.3 Å². The van der Waals surface area contributed by atoms with Crippen LogP contribution < -0.4 is 11.0 Å². The van der Waals surface area contributed by atoms with Crippen LogP contribution in [0.25, 0.3) is 10.9 Å². The van der Waals surface area contributed by atoms with E-state index in [0.29, 0.717) is 6.61 Å². The standard InChI is InChI=1S/C14H16BNO3/c1-14(2)9-18-15(19-14)11-6-4-10-5-7-13(17)16(3)12(10)8-11/h4-8H,9H2,1-3H3. The van der Waals surface area contributed by atoms with Gasteiger partial charge < -0.3 is 13.9 Å². The zero-order valence-corrected chi connectivity index (χ0v) is 11.3. The van der Waals surface area contributed by atoms with Gasteiger partial charge in [0.2, 0.25) is 0 Å². The molecule has 0 aliphatic carbocycles. The third-order valence-corrected chi connectivity index (χ3v) is 3.43. The Morgan fingerprint density at radius 2 is 2.00 bits per heavy atom. The molecule has 0 amide bonds. The fraction of sp³-hybridized carbons (Fsp3) is 0.357. The second kappa shape index (κ2) is 4.22. The molecule has 1 saturated heterocycles. The van der Waals surface area contributed by atoms with Crippen molar-refractivity contribution in [3.63, 3.8) is 0 Å². The van der Waals surface area contributed by atoms with Crippen molar-refractivity contribution in [3.05, 3.63) is 40.7 Å². The average molecular weight is 257 g/mol. The first-order valence-corrected chi connectivity index (χ1v) is 6.35. The second-order valence-corrected chi connectivity index (χ2v) is 5.57. The molecule has 1 aliphatic rings. The lowest BCUT2D eigenvalue weighted by Gasteiger charge is -2.15. The van der Waals surface area contributed by atoms with Gasteiger partial charge in [0.15, 0.2) is 0 Å². The van der Waals surface area contributed by atoms with E-state index in [4.69, 9.17) is 9.31 Å². The molecule has 3 rings (SSSR count). The summed E-state index contributed by atoms with van der Waals surface area (Å²) in [5.41, 5.74) is 1.56. The van der Waals surface area contributed by atoms with Crippen molar-refractivity contribution < 1.29 is 9.31 Å². The van der Waals surface area contributed by atoms with Gasteiger partial charge in [-0.15, -0.1) is 0 Å². The molecule has 0 bridgehead atoms. The molecule has 5 heteroatoms. The van der Waals surface area contributed by atoms with Gasteiger partial charge in [0, 0.05) is 13.1 Å². The number of hydrogen-bond donors (Lipinski definition) is 0. The maximum absolute atomic E-state index is 11.7. The van der Waals surface area contributed by atoms with Gasteiger partial charge in [-0.25, -0.2) is 0 Å². The summed E-state index contributed by atoms with van der Waals surface area (Å²) in [6.07, 6.45) is 0. The minimum atomic E-state index is -0.352. The minimum absolute atomic E-state index is 0.0155. The fourth-order valence-electron chi connectivity index (χ4n) is 2.33. The van der Waals surface area contributed by atoms with E-state index < -0.39 is 0 Å². The summed E-state index contributed by atoms with van der Waals surface area (Å²) in [7, 11) is 1.42. The van der Waals surface area contributed by atoms with E-state index in [1.807, 2.05) is 38.1 Å². The molecule has 1 fully saturated rings. The molecule has 2 heterocycles. The molecule has 1 aromatic heterocycles. The first kappa shape index (κ1) is 12.4. The number of hydrogen-bond acceptors (Lipinski definition) is 3. The normalized spacial score (nSPS) is 18.2. The first-order chi connectivity index (χ1) is 8.96. The van der Waals surface area contributed by atoms with Crippen molar-refractivity contribution in [2.24, 2.45) is 7.05 Å². The lowest BCUT2D eigenvalue weighted by atomic mass is 9.79. The molecule has 2 aromatic rings. The number of benzene rings is 1. The van der Waals surface area contributed by atoms with Gasteiger partial charge in [0.1, 0.15) is 0 Å². The SMILES string of the molecule is Cn1c(=O)ccc2ccc(B3OCC(C)(C)O3)cc21. The van der Waals surface area contributed by atoms with Crippen LogP contribution in [0.3, 0.4) is 0 Å². The third-order valence-electron chi connectivity index (χ3n) is 3.43. The number of aryl methyl sites for hydroxylation is 1. The monoisotopic (exact) mass is 257 g/mol.